The van der Waals surface area contributed by atoms with Crippen LogP contribution >= 0.6 is 0 Å². The van der Waals surface area contributed by atoms with Crippen LogP contribution in [-0.2, 0) is 0 Å². The molecular weight excluding hydrogens is 162 g/mol. The molecule has 74 valence electrons. The van der Waals surface area contributed by atoms with Gasteiger partial charge in [0.2, 0.25) is 0 Å². The Morgan fingerprint density at radius 2 is 2.31 bits per heavy atom. The fourth-order valence-electron chi connectivity index (χ4n) is 0.777. The molecule has 0 heterocycles. The maximum Gasteiger partial charge on any atom is 0.0859 e. The maximum absolute atomic E-state index is 5.12. The molecule has 0 aliphatic rings. The van der Waals surface area contributed by atoms with Crippen molar-refractivity contribution in [3.63, 3.8) is 0 Å². The molecule has 0 spiro atoms. The third-order valence-electron chi connectivity index (χ3n) is 2.03. The highest BCUT2D eigenvalue weighted by molar-refractivity contribution is 5.54. The zero-order valence-corrected chi connectivity index (χ0v) is 8.70. The van der Waals surface area contributed by atoms with E-state index in [9.17, 15) is 0 Å². The van der Waals surface area contributed by atoms with E-state index >= 15 is 0 Å². The maximum atomic E-state index is 5.12. The van der Waals surface area contributed by atoms with Crippen molar-refractivity contribution < 1.29 is 0 Å². The van der Waals surface area contributed by atoms with Crippen molar-refractivity contribution in [1.29, 1.82) is 0 Å². The van der Waals surface area contributed by atoms with E-state index < -0.39 is 0 Å². The van der Waals surface area contributed by atoms with Gasteiger partial charge in [-0.05, 0) is 19.4 Å². The Hall–Kier alpha value is -1.25. The van der Waals surface area contributed by atoms with Crippen LogP contribution in [0.1, 0.15) is 20.3 Å². The van der Waals surface area contributed by atoms with Crippen molar-refractivity contribution in [2.24, 2.45) is 10.7 Å². The Balaban J connectivity index is 4.03. The lowest BCUT2D eigenvalue weighted by atomic mass is 10.2. The van der Waals surface area contributed by atoms with E-state index in [0.717, 1.165) is 6.42 Å². The van der Waals surface area contributed by atoms with E-state index in [1.54, 1.807) is 0 Å². The molecule has 0 aromatic rings. The minimum atomic E-state index is 0.533. The molecule has 0 rings (SSSR count). The summed E-state index contributed by atoms with van der Waals surface area (Å²) in [5, 5.41) is 0. The fourth-order valence-corrected chi connectivity index (χ4v) is 0.777. The van der Waals surface area contributed by atoms with E-state index in [-0.39, 0.29) is 0 Å². The predicted octanol–water partition coefficient (Wildman–Crippen LogP) is 1.73. The number of hydrogen-bond donors (Lipinski definition) is 1. The first-order chi connectivity index (χ1) is 6.11. The molecule has 3 nitrogen and oxygen atoms in total. The standard InChI is InChI=1S/C10H19N3/c1-5-10(3)13(4)7-6-9(2)12-8-11/h6-8,10H,2,5H2,1,3-4H3,(H2,11,12)/b7-6-/t10-/m0/s1. The van der Waals surface area contributed by atoms with Crippen molar-refractivity contribution in [2.75, 3.05) is 7.05 Å². The van der Waals surface area contributed by atoms with Gasteiger partial charge in [0.25, 0.3) is 0 Å². The Bertz CT molecular complexity index is 206. The third kappa shape index (κ3) is 5.06. The molecule has 0 aromatic heterocycles. The van der Waals surface area contributed by atoms with Crippen LogP contribution in [0.15, 0.2) is 29.5 Å². The predicted molar refractivity (Wildman–Crippen MR) is 58.5 cm³/mol. The van der Waals surface area contributed by atoms with Crippen LogP contribution in [0.25, 0.3) is 0 Å². The van der Waals surface area contributed by atoms with Crippen LogP contribution in [-0.4, -0.2) is 24.3 Å². The number of rotatable bonds is 5. The fraction of sp³-hybridized carbons (Fsp3) is 0.500. The second kappa shape index (κ2) is 6.29. The number of hydrogen-bond acceptors (Lipinski definition) is 2. The minimum Gasteiger partial charge on any atom is -0.390 e. The van der Waals surface area contributed by atoms with E-state index in [4.69, 9.17) is 5.73 Å². The third-order valence-corrected chi connectivity index (χ3v) is 2.03. The van der Waals surface area contributed by atoms with Crippen molar-refractivity contribution >= 4 is 6.34 Å². The summed E-state index contributed by atoms with van der Waals surface area (Å²) < 4.78 is 0. The Morgan fingerprint density at radius 1 is 1.69 bits per heavy atom. The highest BCUT2D eigenvalue weighted by Crippen LogP contribution is 2.02. The van der Waals surface area contributed by atoms with Gasteiger partial charge < -0.3 is 10.6 Å². The summed E-state index contributed by atoms with van der Waals surface area (Å²) in [5.74, 6) is 0. The van der Waals surface area contributed by atoms with Crippen molar-refractivity contribution in [3.05, 3.63) is 24.6 Å². The zero-order valence-electron chi connectivity index (χ0n) is 8.70. The highest BCUT2D eigenvalue weighted by Gasteiger charge is 1.99. The summed E-state index contributed by atoms with van der Waals surface area (Å²) in [6.07, 6.45) is 6.17. The van der Waals surface area contributed by atoms with Gasteiger partial charge in [0.15, 0.2) is 0 Å². The smallest absolute Gasteiger partial charge is 0.0859 e. The van der Waals surface area contributed by atoms with E-state index in [1.165, 1.54) is 6.34 Å². The first-order valence-corrected chi connectivity index (χ1v) is 4.45. The Morgan fingerprint density at radius 3 is 2.77 bits per heavy atom. The van der Waals surface area contributed by atoms with Gasteiger partial charge in [-0.2, -0.15) is 0 Å². The van der Waals surface area contributed by atoms with E-state index in [0.29, 0.717) is 11.7 Å². The van der Waals surface area contributed by atoms with Crippen LogP contribution in [0.4, 0.5) is 0 Å². The topological polar surface area (TPSA) is 41.6 Å². The molecule has 0 aromatic carbocycles. The quantitative estimate of drug-likeness (QED) is 0.399. The van der Waals surface area contributed by atoms with Crippen molar-refractivity contribution in [3.8, 4) is 0 Å². The van der Waals surface area contributed by atoms with E-state index in [1.807, 2.05) is 19.3 Å². The van der Waals surface area contributed by atoms with Gasteiger partial charge in [0.1, 0.15) is 0 Å². The summed E-state index contributed by atoms with van der Waals surface area (Å²) in [4.78, 5) is 5.95. The normalized spacial score (nSPS) is 13.8. The van der Waals surface area contributed by atoms with Crippen LogP contribution in [0.3, 0.4) is 0 Å². The lowest BCUT2D eigenvalue weighted by molar-refractivity contribution is 0.343. The van der Waals surface area contributed by atoms with Gasteiger partial charge in [-0.3, -0.25) is 0 Å². The molecule has 2 N–H and O–H groups in total. The van der Waals surface area contributed by atoms with Gasteiger partial charge in [0.05, 0.1) is 12.0 Å². The van der Waals surface area contributed by atoms with Gasteiger partial charge in [-0.25, -0.2) is 4.99 Å². The zero-order chi connectivity index (χ0) is 10.3. The number of allylic oxidation sites excluding steroid dienone is 1. The molecule has 0 saturated carbocycles. The second-order valence-electron chi connectivity index (χ2n) is 3.01. The molecule has 0 aliphatic heterocycles. The summed E-state index contributed by atoms with van der Waals surface area (Å²) in [7, 11) is 2.03. The summed E-state index contributed by atoms with van der Waals surface area (Å²) in [5.41, 5.74) is 5.79. The first kappa shape index (κ1) is 11.8. The lowest BCUT2D eigenvalue weighted by Gasteiger charge is -2.21. The van der Waals surface area contributed by atoms with Crippen molar-refractivity contribution in [2.45, 2.75) is 26.3 Å². The molecule has 0 unspecified atom stereocenters. The molecule has 3 heteroatoms. The van der Waals surface area contributed by atoms with Gasteiger partial charge in [-0.15, -0.1) is 0 Å². The van der Waals surface area contributed by atoms with Crippen LogP contribution in [0.2, 0.25) is 0 Å². The largest absolute Gasteiger partial charge is 0.390 e. The molecule has 0 bridgehead atoms. The van der Waals surface area contributed by atoms with E-state index in [2.05, 4.69) is 30.3 Å². The molecule has 0 fully saturated rings. The van der Waals surface area contributed by atoms with Crippen LogP contribution in [0, 0.1) is 0 Å². The average molecular weight is 181 g/mol. The monoisotopic (exact) mass is 181 g/mol. The summed E-state index contributed by atoms with van der Waals surface area (Å²) in [6, 6.07) is 0.533. The van der Waals surface area contributed by atoms with Gasteiger partial charge in [-0.1, -0.05) is 13.5 Å². The van der Waals surface area contributed by atoms with Crippen LogP contribution in [0.5, 0.6) is 0 Å². The first-order valence-electron chi connectivity index (χ1n) is 4.45. The average Bonchev–Trinajstić information content (AvgIpc) is 2.13. The number of aliphatic imine (C=N–C) groups is 1. The second-order valence-corrected chi connectivity index (χ2v) is 3.01. The molecule has 0 radical (unpaired) electrons. The Labute approximate surface area is 80.6 Å². The van der Waals surface area contributed by atoms with Crippen molar-refractivity contribution in [1.82, 2.24) is 4.90 Å². The molecule has 1 atom stereocenters. The molecule has 0 saturated heterocycles. The summed E-state index contributed by atoms with van der Waals surface area (Å²) >= 11 is 0. The highest BCUT2D eigenvalue weighted by atomic mass is 15.1. The number of nitrogens with zero attached hydrogens (tertiary/aromatic N) is 2. The number of nitrogens with two attached hydrogens (primary N) is 1. The van der Waals surface area contributed by atoms with Crippen LogP contribution < -0.4 is 5.73 Å². The Kier molecular flexibility index (Phi) is 5.68. The molecule has 0 aliphatic carbocycles. The van der Waals surface area contributed by atoms with Gasteiger partial charge in [0, 0.05) is 19.3 Å². The lowest BCUT2D eigenvalue weighted by Crippen LogP contribution is -2.22. The molecular formula is C10H19N3. The molecule has 0 amide bonds. The summed E-state index contributed by atoms with van der Waals surface area (Å²) in [6.45, 7) is 8.03. The molecule has 13 heavy (non-hydrogen) atoms. The SMILES string of the molecule is C=C(/C=C\N(C)[C@@H](C)CC)N=CN. The van der Waals surface area contributed by atoms with Gasteiger partial charge >= 0.3 is 0 Å². The minimum absolute atomic E-state index is 0.533.